The molecule has 2 rings (SSSR count). The number of benzene rings is 1. The Labute approximate surface area is 147 Å². The van der Waals surface area contributed by atoms with Gasteiger partial charge in [-0.25, -0.2) is 9.98 Å². The average molecular weight is 346 g/mol. The van der Waals surface area contributed by atoms with Crippen molar-refractivity contribution in [3.63, 3.8) is 0 Å². The molecule has 0 N–H and O–H groups in total. The Kier molecular flexibility index (Phi) is 5.57. The summed E-state index contributed by atoms with van der Waals surface area (Å²) < 4.78 is 4.77. The third kappa shape index (κ3) is 3.74. The maximum Gasteiger partial charge on any atom is 0.223 e. The molecule has 1 aromatic rings. The number of aliphatic imine (C=N–C) groups is 2. The number of hydrogen-bond acceptors (Lipinski definition) is 5. The number of nitrogens with zero attached hydrogens (tertiary/aromatic N) is 3. The van der Waals surface area contributed by atoms with Crippen molar-refractivity contribution in [1.29, 1.82) is 0 Å². The molecule has 0 spiro atoms. The van der Waals surface area contributed by atoms with Gasteiger partial charge in [-0.2, -0.15) is 0 Å². The minimum atomic E-state index is -0.332. The molecule has 0 fully saturated rings. The van der Waals surface area contributed by atoms with Gasteiger partial charge in [-0.15, -0.1) is 0 Å². The lowest BCUT2D eigenvalue weighted by Crippen LogP contribution is -2.15. The number of halogens is 1. The summed E-state index contributed by atoms with van der Waals surface area (Å²) in [5, 5.41) is 0.127. The highest BCUT2D eigenvalue weighted by atomic mass is 35.5. The van der Waals surface area contributed by atoms with E-state index >= 15 is 0 Å². The number of methoxy groups -OCH3 is 1. The van der Waals surface area contributed by atoms with Crippen LogP contribution in [0, 0.1) is 6.92 Å². The van der Waals surface area contributed by atoms with Crippen LogP contribution in [0.1, 0.15) is 12.5 Å². The summed E-state index contributed by atoms with van der Waals surface area (Å²) in [6, 6.07) is 6.00. The van der Waals surface area contributed by atoms with Crippen LogP contribution in [0.3, 0.4) is 0 Å². The molecule has 1 aliphatic rings. The van der Waals surface area contributed by atoms with Gasteiger partial charge in [0.25, 0.3) is 0 Å². The van der Waals surface area contributed by atoms with Crippen molar-refractivity contribution in [1.82, 2.24) is 0 Å². The molecule has 0 aliphatic heterocycles. The summed E-state index contributed by atoms with van der Waals surface area (Å²) in [6.45, 7) is 3.77. The van der Waals surface area contributed by atoms with Crippen LogP contribution < -0.4 is 4.90 Å². The first-order chi connectivity index (χ1) is 11.3. The van der Waals surface area contributed by atoms with Crippen molar-refractivity contribution >= 4 is 40.9 Å². The molecule has 0 unspecified atom stereocenters. The summed E-state index contributed by atoms with van der Waals surface area (Å²) in [5.41, 5.74) is 4.40. The van der Waals surface area contributed by atoms with E-state index in [4.69, 9.17) is 16.3 Å². The number of ether oxygens (including phenoxy) is 1. The van der Waals surface area contributed by atoms with Crippen LogP contribution in [0.2, 0.25) is 0 Å². The first-order valence-electron chi connectivity index (χ1n) is 7.40. The van der Waals surface area contributed by atoms with Gasteiger partial charge in [-0.05, 0) is 49.3 Å². The van der Waals surface area contributed by atoms with Crippen molar-refractivity contribution in [2.45, 2.75) is 13.8 Å². The second-order valence-electron chi connectivity index (χ2n) is 5.63. The fraction of sp³-hybridized carbons (Fsp3) is 0.278. The number of allylic oxidation sites excluding steroid dienone is 3. The van der Waals surface area contributed by atoms with Crippen molar-refractivity contribution in [2.24, 2.45) is 9.98 Å². The number of rotatable bonds is 4. The first kappa shape index (κ1) is 17.9. The minimum absolute atomic E-state index is 0.127. The van der Waals surface area contributed by atoms with Crippen molar-refractivity contribution in [2.75, 3.05) is 26.1 Å². The van der Waals surface area contributed by atoms with E-state index in [1.807, 2.05) is 38.1 Å². The fourth-order valence-corrected chi connectivity index (χ4v) is 2.39. The third-order valence-electron chi connectivity index (χ3n) is 3.65. The molecule has 0 saturated carbocycles. The third-order valence-corrected chi connectivity index (χ3v) is 4.11. The number of Topliss-reactive ketones (excluding diaryl/α,β-unsaturated/α-hetero) is 1. The molecule has 1 aliphatic carbocycles. The van der Waals surface area contributed by atoms with Gasteiger partial charge in [0, 0.05) is 19.8 Å². The van der Waals surface area contributed by atoms with E-state index < -0.39 is 0 Å². The van der Waals surface area contributed by atoms with E-state index in [2.05, 4.69) is 16.1 Å². The molecule has 0 atom stereocenters. The maximum absolute atomic E-state index is 12.1. The Bertz CT molecular complexity index is 789. The normalized spacial score (nSPS) is 16.8. The molecule has 0 heterocycles. The molecule has 6 heteroatoms. The standard InChI is InChI=1S/C18H20ClN3O2/c1-11-8-13(22(3)4)6-7-14(11)21-15-9-16(20-10-24-5)18(23)17(19)12(15)2/h6-10H,1-5H3/b20-10?,21-15+. The summed E-state index contributed by atoms with van der Waals surface area (Å²) in [5.74, 6) is -0.332. The molecule has 0 saturated heterocycles. The van der Waals surface area contributed by atoms with Crippen LogP contribution >= 0.6 is 11.6 Å². The van der Waals surface area contributed by atoms with Gasteiger partial charge in [0.15, 0.2) is 6.40 Å². The molecular formula is C18H20ClN3O2. The smallest absolute Gasteiger partial charge is 0.223 e. The van der Waals surface area contributed by atoms with Crippen LogP contribution in [0.5, 0.6) is 0 Å². The van der Waals surface area contributed by atoms with Crippen LogP contribution in [0.4, 0.5) is 11.4 Å². The molecule has 0 radical (unpaired) electrons. The first-order valence-corrected chi connectivity index (χ1v) is 7.78. The fourth-order valence-electron chi connectivity index (χ4n) is 2.19. The number of aryl methyl sites for hydroxylation is 1. The van der Waals surface area contributed by atoms with Gasteiger partial charge in [0.1, 0.15) is 5.70 Å². The number of ketones is 1. The average Bonchev–Trinajstić information content (AvgIpc) is 2.55. The zero-order valence-corrected chi connectivity index (χ0v) is 15.2. The largest absolute Gasteiger partial charge is 0.486 e. The Morgan fingerprint density at radius 1 is 1.25 bits per heavy atom. The molecule has 126 valence electrons. The summed E-state index contributed by atoms with van der Waals surface area (Å²) >= 11 is 6.15. The molecule has 0 amide bonds. The van der Waals surface area contributed by atoms with Crippen molar-refractivity contribution < 1.29 is 9.53 Å². The SMILES string of the molecule is COC=NC1=C/C(=N\c2ccc(N(C)C)cc2C)C(C)=C(Cl)C1=O. The zero-order chi connectivity index (χ0) is 17.9. The highest BCUT2D eigenvalue weighted by Crippen LogP contribution is 2.28. The predicted molar refractivity (Wildman–Crippen MR) is 99.7 cm³/mol. The maximum atomic E-state index is 12.1. The number of anilines is 1. The van der Waals surface area contributed by atoms with Gasteiger partial charge in [-0.1, -0.05) is 11.6 Å². The summed E-state index contributed by atoms with van der Waals surface area (Å²) in [6.07, 6.45) is 2.82. The van der Waals surface area contributed by atoms with Crippen LogP contribution in [-0.4, -0.2) is 39.1 Å². The Morgan fingerprint density at radius 3 is 2.54 bits per heavy atom. The summed E-state index contributed by atoms with van der Waals surface area (Å²) in [7, 11) is 5.44. The molecule has 1 aromatic carbocycles. The predicted octanol–water partition coefficient (Wildman–Crippen LogP) is 3.79. The number of hydrogen-bond donors (Lipinski definition) is 0. The zero-order valence-electron chi connectivity index (χ0n) is 14.4. The Morgan fingerprint density at radius 2 is 1.96 bits per heavy atom. The lowest BCUT2D eigenvalue weighted by molar-refractivity contribution is -0.111. The quantitative estimate of drug-likeness (QED) is 0.474. The van der Waals surface area contributed by atoms with Gasteiger partial charge < -0.3 is 9.64 Å². The second-order valence-corrected chi connectivity index (χ2v) is 6.01. The van der Waals surface area contributed by atoms with E-state index in [1.165, 1.54) is 13.5 Å². The highest BCUT2D eigenvalue weighted by Gasteiger charge is 2.23. The van der Waals surface area contributed by atoms with Gasteiger partial charge in [0.2, 0.25) is 5.78 Å². The monoisotopic (exact) mass is 345 g/mol. The molecule has 24 heavy (non-hydrogen) atoms. The van der Waals surface area contributed by atoms with Crippen LogP contribution in [0.25, 0.3) is 0 Å². The molecule has 0 aromatic heterocycles. The van der Waals surface area contributed by atoms with Crippen LogP contribution in [0.15, 0.2) is 50.6 Å². The molecule has 5 nitrogen and oxygen atoms in total. The Balaban J connectivity index is 2.48. The highest BCUT2D eigenvalue weighted by molar-refractivity contribution is 6.49. The number of carbonyl (C=O) groups excluding carboxylic acids is 1. The van der Waals surface area contributed by atoms with Gasteiger partial charge >= 0.3 is 0 Å². The second kappa shape index (κ2) is 7.45. The lowest BCUT2D eigenvalue weighted by Gasteiger charge is -2.15. The summed E-state index contributed by atoms with van der Waals surface area (Å²) in [4.78, 5) is 22.8. The van der Waals surface area contributed by atoms with E-state index in [-0.39, 0.29) is 16.5 Å². The van der Waals surface area contributed by atoms with E-state index in [0.717, 1.165) is 16.9 Å². The lowest BCUT2D eigenvalue weighted by atomic mass is 10.0. The molecular weight excluding hydrogens is 326 g/mol. The van der Waals surface area contributed by atoms with Gasteiger partial charge in [-0.3, -0.25) is 4.79 Å². The van der Waals surface area contributed by atoms with Gasteiger partial charge in [0.05, 0.1) is 23.5 Å². The molecule has 0 bridgehead atoms. The van der Waals surface area contributed by atoms with Crippen molar-refractivity contribution in [3.05, 3.63) is 46.1 Å². The van der Waals surface area contributed by atoms with E-state index in [0.29, 0.717) is 11.3 Å². The van der Waals surface area contributed by atoms with E-state index in [1.54, 1.807) is 13.0 Å². The number of carbonyl (C=O) groups is 1. The topological polar surface area (TPSA) is 54.3 Å². The van der Waals surface area contributed by atoms with Crippen LogP contribution in [-0.2, 0) is 9.53 Å². The van der Waals surface area contributed by atoms with Crippen molar-refractivity contribution in [3.8, 4) is 0 Å². The minimum Gasteiger partial charge on any atom is -0.486 e. The Hall–Kier alpha value is -2.40. The van der Waals surface area contributed by atoms with E-state index in [9.17, 15) is 4.79 Å².